The monoisotopic (exact) mass is 390 g/mol. The number of phenols is 1. The highest BCUT2D eigenvalue weighted by Gasteiger charge is 2.54. The van der Waals surface area contributed by atoms with Gasteiger partial charge in [0.15, 0.2) is 0 Å². The van der Waals surface area contributed by atoms with Gasteiger partial charge in [0.25, 0.3) is 0 Å². The van der Waals surface area contributed by atoms with E-state index in [9.17, 15) is 19.8 Å². The maximum atomic E-state index is 10.6. The normalized spacial score (nSPS) is 23.2. The maximum Gasteiger partial charge on any atom is 0.349 e. The predicted molar refractivity (Wildman–Crippen MR) is 107 cm³/mol. The van der Waals surface area contributed by atoms with Crippen molar-refractivity contribution in [3.63, 3.8) is 0 Å². The highest BCUT2D eigenvalue weighted by Crippen LogP contribution is 2.44. The molecule has 3 rings (SSSR count). The molecule has 6 N–H and O–H groups in total. The highest BCUT2D eigenvalue weighted by molar-refractivity contribution is 6.20. The van der Waals surface area contributed by atoms with Crippen LogP contribution in [0.5, 0.6) is 5.75 Å². The Labute approximate surface area is 163 Å². The van der Waals surface area contributed by atoms with Crippen molar-refractivity contribution in [1.29, 1.82) is 0 Å². The summed E-state index contributed by atoms with van der Waals surface area (Å²) in [5.41, 5.74) is 2.76. The number of benzene rings is 1. The van der Waals surface area contributed by atoms with Gasteiger partial charge in [-0.1, -0.05) is 6.07 Å². The average molecular weight is 390 g/mol. The van der Waals surface area contributed by atoms with Gasteiger partial charge in [-0.15, -0.1) is 0 Å². The van der Waals surface area contributed by atoms with Crippen molar-refractivity contribution < 1.29 is 30.8 Å². The Bertz CT molecular complexity index is 883. The molecule has 2 aliphatic carbocycles. The van der Waals surface area contributed by atoms with E-state index >= 15 is 0 Å². The van der Waals surface area contributed by atoms with Crippen LogP contribution in [0, 0.1) is 0 Å². The Hall–Kier alpha value is -2.94. The molecule has 1 fully saturated rings. The first-order chi connectivity index (χ1) is 12.2. The second-order valence-corrected chi connectivity index (χ2v) is 6.95. The summed E-state index contributed by atoms with van der Waals surface area (Å²) in [6.45, 7) is 0. The Morgan fingerprint density at radius 1 is 0.964 bits per heavy atom. The summed E-state index contributed by atoms with van der Waals surface area (Å²) in [6, 6.07) is 5.10. The van der Waals surface area contributed by atoms with E-state index in [0.717, 1.165) is 11.4 Å². The zero-order valence-electron chi connectivity index (χ0n) is 16.2. The Kier molecular flexibility index (Phi) is 6.92. The summed E-state index contributed by atoms with van der Waals surface area (Å²) in [5.74, 6) is -0.757. The molecule has 2 atom stereocenters. The molecule has 1 aromatic rings. The molecule has 1 saturated carbocycles. The molecule has 0 saturated heterocycles. The van der Waals surface area contributed by atoms with Crippen molar-refractivity contribution in [2.45, 2.75) is 12.0 Å². The van der Waals surface area contributed by atoms with Crippen molar-refractivity contribution in [2.75, 3.05) is 33.1 Å². The van der Waals surface area contributed by atoms with Gasteiger partial charge in [-0.25, -0.2) is 0 Å². The van der Waals surface area contributed by atoms with Gasteiger partial charge < -0.3 is 31.0 Å². The number of hydrogen-bond donors (Lipinski definition) is 2. The summed E-state index contributed by atoms with van der Waals surface area (Å²) in [4.78, 5) is 24.5. The van der Waals surface area contributed by atoms with E-state index in [2.05, 4.69) is 0 Å². The number of allylic oxidation sites excluding steroid dienone is 4. The number of aromatic hydroxyl groups is 1. The van der Waals surface area contributed by atoms with Crippen molar-refractivity contribution in [2.24, 2.45) is 0 Å². The third-order valence-corrected chi connectivity index (χ3v) is 4.84. The summed E-state index contributed by atoms with van der Waals surface area (Å²) < 4.78 is 0. The molecule has 0 radical (unpaired) electrons. The van der Waals surface area contributed by atoms with Gasteiger partial charge in [0.05, 0.1) is 17.2 Å². The number of aliphatic hydroxyl groups is 1. The van der Waals surface area contributed by atoms with Gasteiger partial charge >= 0.3 is 11.6 Å². The largest absolute Gasteiger partial charge is 0.870 e. The zero-order valence-corrected chi connectivity index (χ0v) is 16.2. The number of carbonyl (C=O) groups excluding carboxylic acids is 2. The van der Waals surface area contributed by atoms with Crippen molar-refractivity contribution >= 4 is 17.3 Å². The number of phenolic OH excluding ortho intramolecular Hbond substituents is 1. The topological polar surface area (TPSA) is 150 Å². The quantitative estimate of drug-likeness (QED) is 0.580. The molecule has 152 valence electrons. The Morgan fingerprint density at radius 3 is 2.07 bits per heavy atom. The first-order valence-electron chi connectivity index (χ1n) is 8.34. The molecule has 0 spiro atoms. The Morgan fingerprint density at radius 2 is 1.61 bits per heavy atom. The molecule has 0 aromatic heterocycles. The lowest BCUT2D eigenvalue weighted by Crippen LogP contribution is -2.45. The van der Waals surface area contributed by atoms with Gasteiger partial charge in [0, 0.05) is 51.2 Å². The van der Waals surface area contributed by atoms with E-state index < -0.39 is 12.0 Å². The van der Waals surface area contributed by atoms with Gasteiger partial charge in [0.2, 0.25) is 0 Å². The lowest BCUT2D eigenvalue weighted by Gasteiger charge is -2.31. The first kappa shape index (κ1) is 23.1. The fourth-order valence-corrected chi connectivity index (χ4v) is 3.25. The molecule has 8 nitrogen and oxygen atoms in total. The number of aliphatic hydroxyl groups excluding tert-OH is 1. The fourth-order valence-electron chi connectivity index (χ4n) is 3.25. The van der Waals surface area contributed by atoms with Crippen LogP contribution >= 0.6 is 0 Å². The van der Waals surface area contributed by atoms with E-state index in [1.165, 1.54) is 0 Å². The third-order valence-electron chi connectivity index (χ3n) is 4.84. The molecular formula is C20H26N2O6. The molecule has 2 unspecified atom stereocenters. The lowest BCUT2D eigenvalue weighted by molar-refractivity contribution is 0.178. The molecule has 0 aliphatic heterocycles. The number of likely N-dealkylation sites (N-methyl/N-ethyl adjacent to an activating group) is 1. The van der Waals surface area contributed by atoms with Crippen LogP contribution in [0.2, 0.25) is 0 Å². The molecule has 8 heteroatoms. The minimum Gasteiger partial charge on any atom is -0.870 e. The standard InChI is InChI=1S/C20H22N2O4.2H2O/c1-21(2)11-5-7-13(15(23)9-11)17-19(25)18(20(17)26)14-8-6-12(22(3)4)10-16(14)24;;/h5-10,17,19,23,25H,1-4H3;2*1H2. The number of rotatable bonds is 3. The van der Waals surface area contributed by atoms with Crippen LogP contribution in [-0.4, -0.2) is 81.5 Å². The van der Waals surface area contributed by atoms with Crippen LogP contribution < -0.4 is 4.90 Å². The second kappa shape index (κ2) is 8.39. The summed E-state index contributed by atoms with van der Waals surface area (Å²) in [5, 5.41) is 20.9. The highest BCUT2D eigenvalue weighted by atomic mass is 16.3. The predicted octanol–water partition coefficient (Wildman–Crippen LogP) is 0.964. The van der Waals surface area contributed by atoms with Crippen molar-refractivity contribution in [1.82, 2.24) is 4.90 Å². The second-order valence-electron chi connectivity index (χ2n) is 6.95. The van der Waals surface area contributed by atoms with Crippen molar-refractivity contribution in [3.05, 3.63) is 58.8 Å². The van der Waals surface area contributed by atoms with E-state index in [0.29, 0.717) is 11.1 Å². The van der Waals surface area contributed by atoms with Gasteiger partial charge in [-0.2, -0.15) is 0 Å². The van der Waals surface area contributed by atoms with Crippen LogP contribution in [0.4, 0.5) is 5.69 Å². The summed E-state index contributed by atoms with van der Waals surface area (Å²) >= 11 is 0. The molecule has 28 heavy (non-hydrogen) atoms. The van der Waals surface area contributed by atoms with Crippen LogP contribution in [-0.2, 0) is 0 Å². The minimum absolute atomic E-state index is 0. The smallest absolute Gasteiger partial charge is 0.349 e. The molecule has 2 aliphatic rings. The third kappa shape index (κ3) is 3.70. The van der Waals surface area contributed by atoms with Crippen LogP contribution in [0.3, 0.4) is 0 Å². The molecule has 1 aromatic carbocycles. The zero-order chi connectivity index (χ0) is 19.2. The SMILES string of the molecule is CN(C)C1=CC(=[OH+])C(=C2C(=[OH+])C(c3ccc(N(C)C)cc3O)C2O)C=C1.[OH-].[OH-]. The molecular weight excluding hydrogens is 364 g/mol. The number of nitrogens with zero attached hydrogens (tertiary/aromatic N) is 2. The number of hydrogen-bond acceptors (Lipinski definition) is 6. The molecule has 0 bridgehead atoms. The van der Waals surface area contributed by atoms with E-state index in [1.807, 2.05) is 44.1 Å². The van der Waals surface area contributed by atoms with Crippen LogP contribution in [0.1, 0.15) is 11.5 Å². The summed E-state index contributed by atoms with van der Waals surface area (Å²) in [7, 11) is 7.45. The molecule has 0 heterocycles. The van der Waals surface area contributed by atoms with Crippen molar-refractivity contribution in [3.8, 4) is 5.75 Å². The molecule has 0 amide bonds. The van der Waals surface area contributed by atoms with Crippen LogP contribution in [0.15, 0.2) is 53.3 Å². The van der Waals surface area contributed by atoms with Crippen LogP contribution in [0.25, 0.3) is 0 Å². The summed E-state index contributed by atoms with van der Waals surface area (Å²) in [6.07, 6.45) is 4.05. The van der Waals surface area contributed by atoms with E-state index in [4.69, 9.17) is 0 Å². The first-order valence-corrected chi connectivity index (χ1v) is 8.34. The Balaban J connectivity index is 0.00000196. The lowest BCUT2D eigenvalue weighted by atomic mass is 9.68. The number of anilines is 1. The number of ketones is 2. The maximum absolute atomic E-state index is 10.6. The average Bonchev–Trinajstić information content (AvgIpc) is 2.58. The minimum atomic E-state index is -1.01. The fraction of sp³-hybridized carbons (Fsp3) is 0.300. The van der Waals surface area contributed by atoms with E-state index in [1.54, 1.807) is 30.4 Å². The van der Waals surface area contributed by atoms with Gasteiger partial charge in [-0.3, -0.25) is 9.59 Å². The van der Waals surface area contributed by atoms with Gasteiger partial charge in [0.1, 0.15) is 17.8 Å². The van der Waals surface area contributed by atoms with Gasteiger partial charge in [-0.05, 0) is 18.2 Å². The van der Waals surface area contributed by atoms with E-state index in [-0.39, 0.29) is 33.8 Å².